The summed E-state index contributed by atoms with van der Waals surface area (Å²) in [4.78, 5) is 77.6. The van der Waals surface area contributed by atoms with Crippen molar-refractivity contribution in [3.8, 4) is 33.9 Å². The molecule has 12 rings (SSSR count). The number of pyridine rings is 1. The van der Waals surface area contributed by atoms with Crippen LogP contribution in [0.2, 0.25) is 0 Å². The molecule has 3 aromatic carbocycles. The molecular formula is C66H81N9O20S2. The Hall–Kier alpha value is -7.95. The number of amides is 4. The lowest BCUT2D eigenvalue weighted by molar-refractivity contribution is -0.271. The van der Waals surface area contributed by atoms with Crippen molar-refractivity contribution in [1.29, 1.82) is 0 Å². The first-order valence-corrected chi connectivity index (χ1v) is 34.4. The number of anilines is 2. The number of nitrogens with one attached hydrogen (secondary N) is 2. The summed E-state index contributed by atoms with van der Waals surface area (Å²) in [6.45, 7) is 7.61. The van der Waals surface area contributed by atoms with Crippen LogP contribution in [0.1, 0.15) is 86.1 Å². The van der Waals surface area contributed by atoms with Gasteiger partial charge in [0.15, 0.2) is 16.9 Å². The van der Waals surface area contributed by atoms with Gasteiger partial charge in [-0.2, -0.15) is 13.5 Å². The average Bonchev–Trinajstić information content (AvgIpc) is 1.43. The predicted octanol–water partition coefficient (Wildman–Crippen LogP) is 5.63. The standard InChI is InChI=1S/C66H81N9O20S2/c1-38-44(43-15-16-46(70-51(43)57(80)81)40-12-11-39-8-7-18-74(48(39)26-40)61(84)72-60-71-47-9-5-6-10-50(47)96-60)28-69-75(38)37-65-32-63(2)31-64(3,33-65)35-66(34-63,36-65)93-23-20-73(19-22-89-4)62(85)92-29-41-13-14-42(94-59-54(78)52(76)53(77)55(95-59)58(82)83)27-49(41)91-25-24-90-21-17-68-56(79)45(67)30-97(86,87)88/h5-6,9-16,26-28,45,52-55,59,76-78H,7-8,17-25,29-37,67H2,1-4H3,(H,68,79)(H,80,81)(H,82,83)(H,71,72,84)(H,86,87,88)/t45-,52+,53+,54-,55+,59-,63?,64?,65?,66?/m0/s1. The zero-order chi connectivity index (χ0) is 69.2. The van der Waals surface area contributed by atoms with Gasteiger partial charge in [-0.3, -0.25) is 24.2 Å². The van der Waals surface area contributed by atoms with Gasteiger partial charge in [0.1, 0.15) is 49.1 Å². The second kappa shape index (κ2) is 28.9. The molecule has 10 N–H and O–H groups in total. The molecule has 4 aliphatic carbocycles. The Morgan fingerprint density at radius 3 is 2.36 bits per heavy atom. The van der Waals surface area contributed by atoms with Gasteiger partial charge in [0, 0.05) is 79.5 Å². The van der Waals surface area contributed by atoms with Crippen molar-refractivity contribution in [3.63, 3.8) is 0 Å². The number of rotatable bonds is 28. The summed E-state index contributed by atoms with van der Waals surface area (Å²) in [6.07, 6.45) is -1.67. The largest absolute Gasteiger partial charge is 0.491 e. The molecule has 4 amide bonds. The molecule has 2 aliphatic heterocycles. The number of aliphatic hydroxyl groups is 3. The molecule has 4 saturated carbocycles. The minimum Gasteiger partial charge on any atom is -0.491 e. The van der Waals surface area contributed by atoms with Gasteiger partial charge in [-0.25, -0.2) is 29.1 Å². The number of carbonyl (C=O) groups excluding carboxylic acids is 3. The van der Waals surface area contributed by atoms with Crippen LogP contribution >= 0.6 is 11.3 Å². The number of nitrogens with two attached hydrogens (primary N) is 1. The molecule has 522 valence electrons. The van der Waals surface area contributed by atoms with Crippen LogP contribution < -0.4 is 30.7 Å². The van der Waals surface area contributed by atoms with Gasteiger partial charge >= 0.3 is 24.1 Å². The Morgan fingerprint density at radius 2 is 1.63 bits per heavy atom. The van der Waals surface area contributed by atoms with Gasteiger partial charge < -0.3 is 74.6 Å². The molecule has 2 unspecified atom stereocenters. The third-order valence-corrected chi connectivity index (χ3v) is 20.4. The molecule has 6 aliphatic rings. The van der Waals surface area contributed by atoms with Crippen LogP contribution in [-0.2, 0) is 63.0 Å². The number of nitrogens with zero attached hydrogens (tertiary/aromatic N) is 6. The van der Waals surface area contributed by atoms with Crippen molar-refractivity contribution in [2.24, 2.45) is 22.0 Å². The number of carboxylic acid groups (broad SMARTS) is 2. The molecule has 29 nitrogen and oxygen atoms in total. The smallest absolute Gasteiger partial charge is 0.410 e. The zero-order valence-electron chi connectivity index (χ0n) is 54.1. The Kier molecular flexibility index (Phi) is 20.9. The maximum atomic E-state index is 14.1. The maximum Gasteiger partial charge on any atom is 0.410 e. The Morgan fingerprint density at radius 1 is 0.866 bits per heavy atom. The number of carbonyl (C=O) groups is 5. The SMILES string of the molecule is COCCN(CCOC12CC3(C)CC(C)(CC(Cn4ncc(-c5ccc(-c6ccc7c(c6)N(C(=O)Nc6nc8ccccc8s6)CCC7)nc5C(=O)O)c4C)(C3)C1)C2)C(=O)OCc1ccc(O[C@H]2O[C@@H](C(=O)O)[C@H](O)[C@@H](O)[C@@H]2O)cc1OCCOCCNC(=O)[C@@H](N)CS(=O)(=O)O. The summed E-state index contributed by atoms with van der Waals surface area (Å²) in [5.41, 5.74) is 10.3. The molecular weight excluding hydrogens is 1300 g/mol. The monoisotopic (exact) mass is 1380 g/mol. The van der Waals surface area contributed by atoms with Crippen molar-refractivity contribution in [1.82, 2.24) is 30.0 Å². The number of aliphatic hydroxyl groups excluding tert-OH is 3. The van der Waals surface area contributed by atoms with Gasteiger partial charge in [0.2, 0.25) is 12.2 Å². The average molecular weight is 1380 g/mol. The number of fused-ring (bicyclic) bond motifs is 2. The van der Waals surface area contributed by atoms with E-state index in [9.17, 15) is 57.9 Å². The zero-order valence-corrected chi connectivity index (χ0v) is 55.7. The molecule has 0 spiro atoms. The summed E-state index contributed by atoms with van der Waals surface area (Å²) in [6, 6.07) is 19.5. The van der Waals surface area contributed by atoms with Crippen LogP contribution in [0.3, 0.4) is 0 Å². The van der Waals surface area contributed by atoms with Crippen LogP contribution in [0.5, 0.6) is 11.5 Å². The highest BCUT2D eigenvalue weighted by Gasteiger charge is 2.66. The van der Waals surface area contributed by atoms with Crippen LogP contribution in [-0.4, -0.2) is 208 Å². The molecule has 31 heteroatoms. The molecule has 5 fully saturated rings. The van der Waals surface area contributed by atoms with E-state index in [0.717, 1.165) is 78.5 Å². The van der Waals surface area contributed by atoms with Gasteiger partial charge in [0.25, 0.3) is 10.1 Å². The Balaban J connectivity index is 0.744. The predicted molar refractivity (Wildman–Crippen MR) is 351 cm³/mol. The number of methoxy groups -OCH3 is 1. The number of urea groups is 1. The topological polar surface area (TPSA) is 406 Å². The van der Waals surface area contributed by atoms with Crippen LogP contribution in [0.15, 0.2) is 79.0 Å². The summed E-state index contributed by atoms with van der Waals surface area (Å²) in [7, 11) is -2.98. The van der Waals surface area contributed by atoms with Gasteiger partial charge in [0.05, 0.1) is 59.9 Å². The Bertz CT molecular complexity index is 3990. The van der Waals surface area contributed by atoms with Crippen molar-refractivity contribution >= 4 is 72.5 Å². The number of ether oxygens (including phenoxy) is 7. The number of aromatic nitrogens is 4. The van der Waals surface area contributed by atoms with Crippen LogP contribution in [0.4, 0.5) is 20.4 Å². The second-order valence-corrected chi connectivity index (χ2v) is 29.2. The quantitative estimate of drug-likeness (QED) is 0.0212. The highest BCUT2D eigenvalue weighted by Crippen LogP contribution is 2.72. The number of aryl methyl sites for hydroxylation is 1. The molecule has 6 aromatic rings. The van der Waals surface area contributed by atoms with E-state index in [1.165, 1.54) is 41.5 Å². The first-order chi connectivity index (χ1) is 46.1. The molecule has 8 atom stereocenters. The van der Waals surface area contributed by atoms with Gasteiger partial charge in [-0.1, -0.05) is 49.4 Å². The maximum absolute atomic E-state index is 14.1. The number of benzene rings is 3. The molecule has 0 radical (unpaired) electrons. The number of thiazole rings is 1. The van der Waals surface area contributed by atoms with Crippen molar-refractivity contribution in [2.45, 2.75) is 128 Å². The van der Waals surface area contributed by atoms with E-state index < -0.39 is 82.2 Å². The lowest BCUT2D eigenvalue weighted by Crippen LogP contribution is -2.64. The van der Waals surface area contributed by atoms with E-state index >= 15 is 0 Å². The number of para-hydroxylation sites is 1. The summed E-state index contributed by atoms with van der Waals surface area (Å²) >= 11 is 1.40. The summed E-state index contributed by atoms with van der Waals surface area (Å²) in [5, 5.41) is 62.5. The van der Waals surface area contributed by atoms with E-state index in [2.05, 4.69) is 29.5 Å². The molecule has 4 bridgehead atoms. The number of aromatic carboxylic acids is 1. The highest BCUT2D eigenvalue weighted by molar-refractivity contribution is 7.85. The molecule has 3 aromatic heterocycles. The molecule has 97 heavy (non-hydrogen) atoms. The highest BCUT2D eigenvalue weighted by atomic mass is 32.2. The third-order valence-electron chi connectivity index (χ3n) is 18.7. The van der Waals surface area contributed by atoms with Crippen LogP contribution in [0.25, 0.3) is 32.6 Å². The number of hydrogen-bond donors (Lipinski definition) is 9. The third kappa shape index (κ3) is 16.1. The number of aliphatic carboxylic acids is 1. The molecule has 1 saturated heterocycles. The fourth-order valence-electron chi connectivity index (χ4n) is 15.6. The number of hydrogen-bond acceptors (Lipinski definition) is 22. The van der Waals surface area contributed by atoms with Crippen molar-refractivity contribution in [3.05, 3.63) is 102 Å². The van der Waals surface area contributed by atoms with E-state index in [0.29, 0.717) is 46.2 Å². The van der Waals surface area contributed by atoms with Gasteiger partial charge in [-0.15, -0.1) is 0 Å². The number of carboxylic acids is 2. The van der Waals surface area contributed by atoms with E-state index in [-0.39, 0.29) is 98.7 Å². The van der Waals surface area contributed by atoms with E-state index in [1.807, 2.05) is 54.1 Å². The minimum atomic E-state index is -4.49. The van der Waals surface area contributed by atoms with Crippen molar-refractivity contribution < 1.29 is 95.6 Å². The molecule has 5 heterocycles. The first kappa shape index (κ1) is 70.4. The fraction of sp³-hybridized carbons (Fsp3) is 0.515. The lowest BCUT2D eigenvalue weighted by Gasteiger charge is -2.69. The minimum absolute atomic E-state index is 0.0409. The summed E-state index contributed by atoms with van der Waals surface area (Å²) < 4.78 is 75.3. The first-order valence-electron chi connectivity index (χ1n) is 31.9. The van der Waals surface area contributed by atoms with Crippen LogP contribution in [0, 0.1) is 23.2 Å². The normalized spacial score (nSPS) is 25.3. The summed E-state index contributed by atoms with van der Waals surface area (Å²) in [5.74, 6) is -4.57. The Labute approximate surface area is 562 Å². The fourth-order valence-corrected chi connectivity index (χ4v) is 17.1. The van der Waals surface area contributed by atoms with Gasteiger partial charge in [-0.05, 0) is 123 Å². The lowest BCUT2D eigenvalue weighted by atomic mass is 9.39. The van der Waals surface area contributed by atoms with E-state index in [4.69, 9.17) is 53.5 Å². The second-order valence-electron chi connectivity index (χ2n) is 26.7. The van der Waals surface area contributed by atoms with E-state index in [1.54, 1.807) is 23.2 Å². The van der Waals surface area contributed by atoms with Crippen molar-refractivity contribution in [2.75, 3.05) is 82.3 Å².